The van der Waals surface area contributed by atoms with Gasteiger partial charge < -0.3 is 9.15 Å². The Morgan fingerprint density at radius 2 is 1.93 bits per heavy atom. The summed E-state index contributed by atoms with van der Waals surface area (Å²) in [6.45, 7) is 3.88. The minimum atomic E-state index is -0.197. The maximum Gasteiger partial charge on any atom is 0.339 e. The van der Waals surface area contributed by atoms with Crippen molar-refractivity contribution in [2.45, 2.75) is 45.6 Å². The van der Waals surface area contributed by atoms with Gasteiger partial charge in [0, 0.05) is 35.2 Å². The van der Waals surface area contributed by atoms with E-state index in [1.54, 1.807) is 6.07 Å². The smallest absolute Gasteiger partial charge is 0.339 e. The van der Waals surface area contributed by atoms with Gasteiger partial charge in [-0.05, 0) is 62.3 Å². The molecular weight excluding hydrogens is 369 g/mol. The molecule has 5 heteroatoms. The van der Waals surface area contributed by atoms with Crippen molar-refractivity contribution in [2.75, 3.05) is 13.3 Å². The molecule has 1 aliphatic heterocycles. The Bertz CT molecular complexity index is 1150. The average molecular weight is 393 g/mol. The molecule has 2 aromatic carbocycles. The van der Waals surface area contributed by atoms with Crippen LogP contribution in [0.15, 0.2) is 39.5 Å². The van der Waals surface area contributed by atoms with Gasteiger partial charge in [-0.1, -0.05) is 18.2 Å². The number of rotatable bonds is 3. The van der Waals surface area contributed by atoms with Crippen LogP contribution in [0, 0.1) is 12.7 Å². The highest BCUT2D eigenvalue weighted by Crippen LogP contribution is 2.37. The van der Waals surface area contributed by atoms with E-state index in [2.05, 4.69) is 11.0 Å². The van der Waals surface area contributed by atoms with Crippen molar-refractivity contribution in [3.63, 3.8) is 0 Å². The first kappa shape index (κ1) is 18.4. The highest BCUT2D eigenvalue weighted by atomic mass is 19.1. The van der Waals surface area contributed by atoms with Crippen LogP contribution in [0.5, 0.6) is 5.75 Å². The fourth-order valence-electron chi connectivity index (χ4n) is 4.67. The van der Waals surface area contributed by atoms with Crippen LogP contribution >= 0.6 is 0 Å². The molecule has 0 fully saturated rings. The van der Waals surface area contributed by atoms with Crippen LogP contribution in [-0.4, -0.2) is 18.2 Å². The molecule has 2 heterocycles. The molecule has 5 rings (SSSR count). The first-order valence-electron chi connectivity index (χ1n) is 10.3. The molecule has 0 amide bonds. The molecule has 0 atom stereocenters. The predicted octanol–water partition coefficient (Wildman–Crippen LogP) is 4.51. The Morgan fingerprint density at radius 3 is 2.76 bits per heavy atom. The lowest BCUT2D eigenvalue weighted by Gasteiger charge is -2.30. The van der Waals surface area contributed by atoms with E-state index in [4.69, 9.17) is 9.15 Å². The van der Waals surface area contributed by atoms with Crippen LogP contribution in [-0.2, 0) is 25.8 Å². The summed E-state index contributed by atoms with van der Waals surface area (Å²) < 4.78 is 25.7. The second-order valence-corrected chi connectivity index (χ2v) is 8.09. The second-order valence-electron chi connectivity index (χ2n) is 8.09. The van der Waals surface area contributed by atoms with Gasteiger partial charge in [0.2, 0.25) is 0 Å². The summed E-state index contributed by atoms with van der Waals surface area (Å²) in [7, 11) is 0. The van der Waals surface area contributed by atoms with E-state index >= 15 is 0 Å². The van der Waals surface area contributed by atoms with Crippen molar-refractivity contribution in [1.29, 1.82) is 0 Å². The van der Waals surface area contributed by atoms with Gasteiger partial charge in [0.05, 0.1) is 0 Å². The van der Waals surface area contributed by atoms with Crippen LogP contribution < -0.4 is 10.4 Å². The summed E-state index contributed by atoms with van der Waals surface area (Å²) in [5.41, 5.74) is 5.19. The van der Waals surface area contributed by atoms with Crippen LogP contribution in [0.25, 0.3) is 11.0 Å². The second kappa shape index (κ2) is 7.30. The molecular formula is C24H24FNO3. The van der Waals surface area contributed by atoms with Gasteiger partial charge >= 0.3 is 5.63 Å². The lowest BCUT2D eigenvalue weighted by atomic mass is 9.89. The number of halogens is 1. The molecule has 0 radical (unpaired) electrons. The van der Waals surface area contributed by atoms with E-state index in [1.807, 2.05) is 19.1 Å². The fraction of sp³-hybridized carbons (Fsp3) is 0.375. The third-order valence-corrected chi connectivity index (χ3v) is 6.21. The first-order chi connectivity index (χ1) is 14.1. The number of hydrogen-bond acceptors (Lipinski definition) is 4. The zero-order chi connectivity index (χ0) is 20.0. The van der Waals surface area contributed by atoms with Gasteiger partial charge in [-0.15, -0.1) is 0 Å². The molecule has 3 aromatic rings. The summed E-state index contributed by atoms with van der Waals surface area (Å²) in [6, 6.07) is 9.06. The Balaban J connectivity index is 1.47. The molecule has 4 nitrogen and oxygen atoms in total. The number of fused-ring (bicyclic) bond motifs is 4. The maximum atomic E-state index is 13.9. The standard InChI is InChI=1S/C24H24FNO3/c1-15-22-17(12-20-18-7-3-4-8-19(18)24(27)29-23(15)20)13-26(14-28-22)11-10-16-6-2-5-9-21(16)25/h2,5-6,9,12H,3-4,7-8,10-11,13-14H2,1H3. The molecule has 0 saturated carbocycles. The number of aryl methyl sites for hydroxylation is 2. The predicted molar refractivity (Wildman–Crippen MR) is 110 cm³/mol. The minimum Gasteiger partial charge on any atom is -0.477 e. The van der Waals surface area contributed by atoms with E-state index in [1.165, 1.54) is 6.07 Å². The van der Waals surface area contributed by atoms with Crippen molar-refractivity contribution >= 4 is 11.0 Å². The Kier molecular flexibility index (Phi) is 4.63. The molecule has 0 bridgehead atoms. The molecule has 0 unspecified atom stereocenters. The molecule has 0 saturated heterocycles. The summed E-state index contributed by atoms with van der Waals surface area (Å²) in [4.78, 5) is 14.6. The van der Waals surface area contributed by atoms with E-state index in [9.17, 15) is 9.18 Å². The van der Waals surface area contributed by atoms with E-state index in [0.717, 1.165) is 77.7 Å². The Morgan fingerprint density at radius 1 is 1.14 bits per heavy atom. The summed E-state index contributed by atoms with van der Waals surface area (Å²) in [5.74, 6) is 0.660. The topological polar surface area (TPSA) is 42.7 Å². The van der Waals surface area contributed by atoms with Crippen molar-refractivity contribution in [2.24, 2.45) is 0 Å². The van der Waals surface area contributed by atoms with Crippen LogP contribution in [0.2, 0.25) is 0 Å². The third-order valence-electron chi connectivity index (χ3n) is 6.21. The van der Waals surface area contributed by atoms with Gasteiger partial charge in [0.25, 0.3) is 0 Å². The zero-order valence-electron chi connectivity index (χ0n) is 16.6. The SMILES string of the molecule is Cc1c2c(cc3c4c(c(=O)oc13)CCCC4)CN(CCc1ccccc1F)CO2. The Hall–Kier alpha value is -2.66. The summed E-state index contributed by atoms with van der Waals surface area (Å²) in [5, 5.41) is 1.05. The number of nitrogens with zero attached hydrogens (tertiary/aromatic N) is 1. The summed E-state index contributed by atoms with van der Waals surface area (Å²) >= 11 is 0. The van der Waals surface area contributed by atoms with Crippen LogP contribution in [0.3, 0.4) is 0 Å². The molecule has 0 N–H and O–H groups in total. The molecule has 1 aliphatic carbocycles. The van der Waals surface area contributed by atoms with Crippen molar-refractivity contribution < 1.29 is 13.5 Å². The fourth-order valence-corrected chi connectivity index (χ4v) is 4.67. The van der Waals surface area contributed by atoms with Gasteiger partial charge in [-0.2, -0.15) is 0 Å². The monoisotopic (exact) mass is 393 g/mol. The van der Waals surface area contributed by atoms with E-state index in [-0.39, 0.29) is 11.4 Å². The molecule has 150 valence electrons. The van der Waals surface area contributed by atoms with Gasteiger partial charge in [-0.25, -0.2) is 9.18 Å². The largest absolute Gasteiger partial charge is 0.477 e. The van der Waals surface area contributed by atoms with Gasteiger partial charge in [0.15, 0.2) is 0 Å². The van der Waals surface area contributed by atoms with Crippen molar-refractivity contribution in [1.82, 2.24) is 4.90 Å². The molecule has 29 heavy (non-hydrogen) atoms. The molecule has 1 aromatic heterocycles. The van der Waals surface area contributed by atoms with Gasteiger partial charge in [0.1, 0.15) is 23.9 Å². The lowest BCUT2D eigenvalue weighted by molar-refractivity contribution is 0.0957. The number of benzene rings is 2. The zero-order valence-corrected chi connectivity index (χ0v) is 16.6. The third kappa shape index (κ3) is 3.23. The van der Waals surface area contributed by atoms with Crippen molar-refractivity contribution in [3.8, 4) is 5.75 Å². The Labute approximate surface area is 168 Å². The van der Waals surface area contributed by atoms with Crippen LogP contribution in [0.4, 0.5) is 4.39 Å². The van der Waals surface area contributed by atoms with Gasteiger partial charge in [-0.3, -0.25) is 4.90 Å². The quantitative estimate of drug-likeness (QED) is 0.614. The maximum absolute atomic E-state index is 13.9. The highest BCUT2D eigenvalue weighted by Gasteiger charge is 2.25. The lowest BCUT2D eigenvalue weighted by Crippen LogP contribution is -2.34. The molecule has 2 aliphatic rings. The summed E-state index contributed by atoms with van der Waals surface area (Å²) in [6.07, 6.45) is 4.51. The number of ether oxygens (including phenoxy) is 1. The highest BCUT2D eigenvalue weighted by molar-refractivity contribution is 5.87. The normalized spacial score (nSPS) is 16.3. The minimum absolute atomic E-state index is 0.158. The van der Waals surface area contributed by atoms with Crippen LogP contribution in [0.1, 0.15) is 40.7 Å². The van der Waals surface area contributed by atoms with Crippen molar-refractivity contribution in [3.05, 3.63) is 74.4 Å². The van der Waals surface area contributed by atoms with E-state index < -0.39 is 0 Å². The first-order valence-corrected chi connectivity index (χ1v) is 10.3. The average Bonchev–Trinajstić information content (AvgIpc) is 2.74. The molecule has 0 spiro atoms. The number of hydrogen-bond donors (Lipinski definition) is 0. The van der Waals surface area contributed by atoms with E-state index in [0.29, 0.717) is 18.7 Å².